The number of carbonyl (C=O) groups is 1. The molecule has 7 aromatic rings. The summed E-state index contributed by atoms with van der Waals surface area (Å²) < 4.78 is 7.92. The van der Waals surface area contributed by atoms with Crippen LogP contribution in [0, 0.1) is 18.5 Å². The number of hydrogen-bond acceptors (Lipinski definition) is 13. The van der Waals surface area contributed by atoms with Crippen molar-refractivity contribution >= 4 is 91.4 Å². The number of anilines is 10. The van der Waals surface area contributed by atoms with Crippen LogP contribution in [0.5, 0.6) is 0 Å². The summed E-state index contributed by atoms with van der Waals surface area (Å²) in [6, 6.07) is 32.3. The van der Waals surface area contributed by atoms with E-state index in [0.717, 1.165) is 62.3 Å². The lowest BCUT2D eigenvalue weighted by Crippen LogP contribution is -3.00. The highest BCUT2D eigenvalue weighted by atomic mass is 35.5. The van der Waals surface area contributed by atoms with Gasteiger partial charge in [0.25, 0.3) is 0 Å². The van der Waals surface area contributed by atoms with Crippen molar-refractivity contribution < 1.29 is 31.1 Å². The van der Waals surface area contributed by atoms with Crippen molar-refractivity contribution in [1.82, 2.24) is 9.63 Å². The molecule has 0 atom stereocenters. The first-order valence-electron chi connectivity index (χ1n) is 23.8. The molecule has 0 unspecified atom stereocenters. The van der Waals surface area contributed by atoms with Gasteiger partial charge in [-0.2, -0.15) is 9.25 Å². The van der Waals surface area contributed by atoms with Gasteiger partial charge in [0.1, 0.15) is 4.64 Å². The van der Waals surface area contributed by atoms with Crippen LogP contribution < -0.4 is 61.1 Å². The van der Waals surface area contributed by atoms with Gasteiger partial charge in [-0.1, -0.05) is 51.2 Å². The van der Waals surface area contributed by atoms with Gasteiger partial charge in [0.15, 0.2) is 0 Å². The number of benzene rings is 4. The minimum atomic E-state index is -0.530. The Bertz CT molecular complexity index is 3050. The first-order valence-corrected chi connectivity index (χ1v) is 25.1. The second-order valence-electron chi connectivity index (χ2n) is 18.2. The Morgan fingerprint density at radius 3 is 1.76 bits per heavy atom. The van der Waals surface area contributed by atoms with E-state index in [2.05, 4.69) is 135 Å². The summed E-state index contributed by atoms with van der Waals surface area (Å²) >= 11 is 6.40. The molecule has 384 valence electrons. The maximum Gasteiger partial charge on any atom is 0.466 e. The predicted octanol–water partition coefficient (Wildman–Crippen LogP) is 7.72. The van der Waals surface area contributed by atoms with Gasteiger partial charge in [-0.25, -0.2) is 14.5 Å². The minimum Gasteiger partial charge on any atom is -1.00 e. The lowest BCUT2D eigenvalue weighted by molar-refractivity contribution is -0.719. The molecule has 17 heteroatoms. The van der Waals surface area contributed by atoms with Crippen LogP contribution in [0.15, 0.2) is 119 Å². The summed E-state index contributed by atoms with van der Waals surface area (Å²) in [5.74, 6) is 0. The first kappa shape index (κ1) is 56.3. The SMILES string of the molecule is CCN(CC)CC.Cc1cc2c(cc1N(C)C)N(C)c1cc(N(C)C)ccc1C2.Cc1cc2c(cc1N(C)C)N(C)c1cc(N(C)C)ccc1N2C(=O)On1ccccc1=S.O=c1o[n+]2ccccc2s1.[Cl-]. The summed E-state index contributed by atoms with van der Waals surface area (Å²) in [7, 11) is 20.6. The van der Waals surface area contributed by atoms with Gasteiger partial charge >= 0.3 is 15.9 Å². The van der Waals surface area contributed by atoms with Crippen molar-refractivity contribution in [2.45, 2.75) is 41.0 Å². The van der Waals surface area contributed by atoms with Crippen molar-refractivity contribution in [3.63, 3.8) is 0 Å². The highest BCUT2D eigenvalue weighted by Gasteiger charge is 2.34. The normalized spacial score (nSPS) is 11.8. The number of nitrogens with zero attached hydrogens (tertiary/aromatic N) is 10. The first-order chi connectivity index (χ1) is 33.8. The molecule has 1 amide bonds. The lowest BCUT2D eigenvalue weighted by atomic mass is 9.93. The van der Waals surface area contributed by atoms with Gasteiger partial charge in [-0.15, -0.1) is 0 Å². The number of carbonyl (C=O) groups excluding carboxylic acids is 1. The minimum absolute atomic E-state index is 0. The zero-order valence-electron chi connectivity index (χ0n) is 44.5. The topological polar surface area (TPSA) is 91.5 Å². The number of aryl methyl sites for hydroxylation is 2. The Morgan fingerprint density at radius 2 is 1.19 bits per heavy atom. The molecule has 5 heterocycles. The fourth-order valence-corrected chi connectivity index (χ4v) is 9.45. The van der Waals surface area contributed by atoms with E-state index in [1.54, 1.807) is 29.4 Å². The van der Waals surface area contributed by atoms with Gasteiger partial charge in [0.2, 0.25) is 6.20 Å². The molecule has 0 bridgehead atoms. The quantitative estimate of drug-likeness (QED) is 0.110. The van der Waals surface area contributed by atoms with Crippen LogP contribution in [0.3, 0.4) is 0 Å². The Hall–Kier alpha value is -6.59. The van der Waals surface area contributed by atoms with Gasteiger partial charge < -0.3 is 51.5 Å². The maximum atomic E-state index is 13.5. The van der Waals surface area contributed by atoms with Crippen molar-refractivity contribution in [3.8, 4) is 0 Å². The molecule has 0 aliphatic carbocycles. The van der Waals surface area contributed by atoms with Gasteiger partial charge in [0.05, 0.1) is 22.7 Å². The second kappa shape index (κ2) is 24.7. The van der Waals surface area contributed by atoms with Crippen LogP contribution in [0.2, 0.25) is 0 Å². The zero-order chi connectivity index (χ0) is 51.8. The number of fused-ring (bicyclic) bond motifs is 5. The molecule has 14 nitrogen and oxygen atoms in total. The largest absolute Gasteiger partial charge is 1.00 e. The molecular formula is C55H71ClN10O4S2. The Labute approximate surface area is 441 Å². The summed E-state index contributed by atoms with van der Waals surface area (Å²) in [5.41, 5.74) is 15.8. The van der Waals surface area contributed by atoms with Gasteiger partial charge in [-0.05, 0) is 122 Å². The van der Waals surface area contributed by atoms with E-state index in [4.69, 9.17) is 21.6 Å². The summed E-state index contributed by atoms with van der Waals surface area (Å²) in [6.45, 7) is 14.4. The van der Waals surface area contributed by atoms with Crippen molar-refractivity contribution in [1.29, 1.82) is 0 Å². The highest BCUT2D eigenvalue weighted by Crippen LogP contribution is 2.50. The number of pyridine rings is 2. The Balaban J connectivity index is 0.000000206. The molecule has 9 rings (SSSR count). The van der Waals surface area contributed by atoms with Crippen LogP contribution in [-0.2, 0) is 6.42 Å². The molecule has 4 aromatic carbocycles. The third-order valence-electron chi connectivity index (χ3n) is 12.7. The molecule has 3 aromatic heterocycles. The molecule has 0 saturated carbocycles. The van der Waals surface area contributed by atoms with Crippen LogP contribution in [0.25, 0.3) is 4.83 Å². The average Bonchev–Trinajstić information content (AvgIpc) is 3.73. The highest BCUT2D eigenvalue weighted by molar-refractivity contribution is 7.71. The number of halogens is 1. The average molecular weight is 1040 g/mol. The van der Waals surface area contributed by atoms with Crippen molar-refractivity contribution in [3.05, 3.63) is 146 Å². The molecule has 0 fully saturated rings. The lowest BCUT2D eigenvalue weighted by Gasteiger charge is -2.38. The predicted molar refractivity (Wildman–Crippen MR) is 300 cm³/mol. The van der Waals surface area contributed by atoms with Crippen LogP contribution in [-0.4, -0.2) is 106 Å². The molecule has 0 saturated heterocycles. The Morgan fingerprint density at radius 1 is 0.653 bits per heavy atom. The fraction of sp³-hybridized carbons (Fsp3) is 0.345. The molecule has 2 aliphatic rings. The molecule has 0 N–H and O–H groups in total. The smallest absolute Gasteiger partial charge is 0.466 e. The van der Waals surface area contributed by atoms with E-state index in [9.17, 15) is 9.59 Å². The van der Waals surface area contributed by atoms with Crippen LogP contribution in [0.1, 0.15) is 43.0 Å². The summed E-state index contributed by atoms with van der Waals surface area (Å²) in [4.78, 5) is 47.2. The molecule has 2 aliphatic heterocycles. The molecule has 0 spiro atoms. The number of hydrogen-bond donors (Lipinski definition) is 0. The van der Waals surface area contributed by atoms with E-state index in [0.29, 0.717) is 4.64 Å². The fourth-order valence-electron chi connectivity index (χ4n) is 8.65. The number of amides is 1. The number of rotatable bonds is 8. The van der Waals surface area contributed by atoms with Crippen molar-refractivity contribution in [2.75, 3.05) is 124 Å². The van der Waals surface area contributed by atoms with Gasteiger partial charge in [0, 0.05) is 145 Å². The zero-order valence-corrected chi connectivity index (χ0v) is 46.9. The number of aromatic nitrogens is 2. The molecule has 0 radical (unpaired) electrons. The van der Waals surface area contributed by atoms with Crippen molar-refractivity contribution in [2.24, 2.45) is 0 Å². The van der Waals surface area contributed by atoms with Gasteiger partial charge in [-0.3, -0.25) is 0 Å². The second-order valence-corrected chi connectivity index (χ2v) is 19.6. The van der Waals surface area contributed by atoms with Crippen LogP contribution in [0.4, 0.5) is 61.7 Å². The van der Waals surface area contributed by atoms with E-state index in [-0.39, 0.29) is 17.3 Å². The summed E-state index contributed by atoms with van der Waals surface area (Å²) in [6.07, 6.45) is 3.82. The van der Waals surface area contributed by atoms with Crippen LogP contribution >= 0.6 is 23.6 Å². The molecule has 72 heavy (non-hydrogen) atoms. The Kier molecular flexibility index (Phi) is 19.3. The van der Waals surface area contributed by atoms with E-state index < -0.39 is 6.09 Å². The summed E-state index contributed by atoms with van der Waals surface area (Å²) in [5, 5.41) is 0. The van der Waals surface area contributed by atoms with E-state index in [1.807, 2.05) is 89.5 Å². The van der Waals surface area contributed by atoms with E-state index in [1.165, 1.54) is 68.4 Å². The third kappa shape index (κ3) is 12.7. The standard InChI is InChI=1S/C24H27N5O2S.C19H25N3.C6H4NO2S.C6H15N.ClH/c1-16-13-22-21(15-19(16)26(4)5)27(6)20-14-17(25(2)3)10-11-18(20)29(22)24(30)31-28-12-8-7-9-23(28)32;1-13-9-15-10-14-7-8-16(20(2)3)11-18(14)22(6)19(15)12-17(13)21(4)5;8-6-9-7-4-2-1-3-5(7)10-6;1-4-7(5-2)6-3;/h7-15H,1-6H3;7-9,11-12H,10H2,1-6H3;1-4H;4-6H2,1-3H3;1H/q;;+1;;/p-1. The van der Waals surface area contributed by atoms with E-state index >= 15 is 0 Å². The maximum absolute atomic E-state index is 13.5. The third-order valence-corrected chi connectivity index (χ3v) is 13.7. The molecular weight excluding hydrogens is 964 g/mol. The monoisotopic (exact) mass is 1030 g/mol.